The summed E-state index contributed by atoms with van der Waals surface area (Å²) in [5, 5.41) is 9.92. The van der Waals surface area contributed by atoms with Crippen molar-refractivity contribution in [3.8, 4) is 5.75 Å². The predicted molar refractivity (Wildman–Crippen MR) is 75.6 cm³/mol. The average molecular weight is 258 g/mol. The van der Waals surface area contributed by atoms with Gasteiger partial charge >= 0.3 is 0 Å². The molecule has 0 amide bonds. The van der Waals surface area contributed by atoms with Crippen molar-refractivity contribution in [1.82, 2.24) is 0 Å². The van der Waals surface area contributed by atoms with E-state index in [0.717, 1.165) is 12.0 Å². The molecule has 3 aliphatic rings. The lowest BCUT2D eigenvalue weighted by Gasteiger charge is -2.56. The first-order chi connectivity index (χ1) is 9.21. The van der Waals surface area contributed by atoms with E-state index in [9.17, 15) is 5.11 Å². The highest BCUT2D eigenvalue weighted by atomic mass is 16.3. The van der Waals surface area contributed by atoms with Crippen LogP contribution in [0.1, 0.15) is 43.2 Å². The lowest BCUT2D eigenvalue weighted by molar-refractivity contribution is -0.919. The molecule has 1 heterocycles. The van der Waals surface area contributed by atoms with Crippen molar-refractivity contribution in [3.63, 3.8) is 0 Å². The maximum absolute atomic E-state index is 9.92. The van der Waals surface area contributed by atoms with Crippen LogP contribution in [0.25, 0.3) is 0 Å². The third-order valence-electron chi connectivity index (χ3n) is 6.25. The summed E-state index contributed by atoms with van der Waals surface area (Å²) >= 11 is 0. The second-order valence-electron chi connectivity index (χ2n) is 7.01. The van der Waals surface area contributed by atoms with Crippen molar-refractivity contribution in [2.75, 3.05) is 13.6 Å². The standard InChI is InChI=1S/C17H23NO/c1-18-9-8-17-7-3-2-4-14(17)16(18)10-12-5-6-13(19)11-15(12)17/h5-6,11,14,16,19H,2-4,7-10H2,1H3/p+1/t14-,16-,17-/m0/s1. The number of aromatic hydroxyl groups is 1. The first-order valence-corrected chi connectivity index (χ1v) is 7.85. The van der Waals surface area contributed by atoms with E-state index in [-0.39, 0.29) is 0 Å². The van der Waals surface area contributed by atoms with Gasteiger partial charge in [-0.15, -0.1) is 0 Å². The fraction of sp³-hybridized carbons (Fsp3) is 0.647. The van der Waals surface area contributed by atoms with Gasteiger partial charge in [-0.05, 0) is 36.1 Å². The molecule has 102 valence electrons. The minimum Gasteiger partial charge on any atom is -0.508 e. The zero-order valence-corrected chi connectivity index (χ0v) is 11.8. The Bertz CT molecular complexity index is 512. The van der Waals surface area contributed by atoms with Crippen LogP contribution < -0.4 is 4.90 Å². The molecule has 1 unspecified atom stereocenters. The number of piperidine rings is 1. The van der Waals surface area contributed by atoms with Crippen LogP contribution in [0.5, 0.6) is 5.75 Å². The molecule has 19 heavy (non-hydrogen) atoms. The van der Waals surface area contributed by atoms with Gasteiger partial charge in [0.05, 0.1) is 19.6 Å². The van der Waals surface area contributed by atoms with E-state index in [1.165, 1.54) is 56.2 Å². The van der Waals surface area contributed by atoms with Crippen LogP contribution in [0.15, 0.2) is 18.2 Å². The number of nitrogens with one attached hydrogen (secondary N) is 1. The van der Waals surface area contributed by atoms with Gasteiger partial charge in [-0.1, -0.05) is 18.9 Å². The number of quaternary nitrogens is 1. The molecule has 1 saturated heterocycles. The van der Waals surface area contributed by atoms with Gasteiger partial charge < -0.3 is 10.0 Å². The van der Waals surface area contributed by atoms with E-state index in [4.69, 9.17) is 0 Å². The number of benzene rings is 1. The quantitative estimate of drug-likeness (QED) is 0.727. The number of phenolic OH excluding ortho intramolecular Hbond substituents is 1. The largest absolute Gasteiger partial charge is 0.508 e. The van der Waals surface area contributed by atoms with Crippen molar-refractivity contribution in [1.29, 1.82) is 0 Å². The molecule has 1 saturated carbocycles. The van der Waals surface area contributed by atoms with Crippen LogP contribution in [0.3, 0.4) is 0 Å². The van der Waals surface area contributed by atoms with Crippen molar-refractivity contribution >= 4 is 0 Å². The van der Waals surface area contributed by atoms with Crippen LogP contribution in [-0.2, 0) is 11.8 Å². The minimum atomic E-state index is 0.398. The van der Waals surface area contributed by atoms with E-state index in [2.05, 4.69) is 19.2 Å². The van der Waals surface area contributed by atoms with E-state index in [1.54, 1.807) is 4.90 Å². The van der Waals surface area contributed by atoms with Gasteiger partial charge in [0.2, 0.25) is 0 Å². The third kappa shape index (κ3) is 1.53. The molecule has 0 aromatic heterocycles. The van der Waals surface area contributed by atoms with Gasteiger partial charge in [-0.25, -0.2) is 0 Å². The van der Waals surface area contributed by atoms with E-state index in [1.807, 2.05) is 6.07 Å². The van der Waals surface area contributed by atoms with Crippen LogP contribution in [0.2, 0.25) is 0 Å². The summed E-state index contributed by atoms with van der Waals surface area (Å²) in [5.41, 5.74) is 3.41. The number of fused-ring (bicyclic) bond motifs is 1. The molecule has 2 aliphatic carbocycles. The van der Waals surface area contributed by atoms with Crippen LogP contribution in [0, 0.1) is 5.92 Å². The Morgan fingerprint density at radius 1 is 1.26 bits per heavy atom. The number of likely N-dealkylation sites (tertiary alicyclic amines) is 1. The summed E-state index contributed by atoms with van der Waals surface area (Å²) in [4.78, 5) is 1.74. The average Bonchev–Trinajstić information content (AvgIpc) is 2.43. The Labute approximate surface area is 115 Å². The first-order valence-electron chi connectivity index (χ1n) is 7.85. The minimum absolute atomic E-state index is 0.398. The molecular weight excluding hydrogens is 234 g/mol. The Morgan fingerprint density at radius 3 is 3.05 bits per heavy atom. The fourth-order valence-electron chi connectivity index (χ4n) is 5.34. The van der Waals surface area contributed by atoms with Crippen molar-refractivity contribution in [2.24, 2.45) is 5.92 Å². The molecule has 2 bridgehead atoms. The van der Waals surface area contributed by atoms with Crippen molar-refractivity contribution < 1.29 is 10.0 Å². The van der Waals surface area contributed by atoms with Gasteiger partial charge in [-0.2, -0.15) is 0 Å². The van der Waals surface area contributed by atoms with Gasteiger partial charge in [0.25, 0.3) is 0 Å². The Morgan fingerprint density at radius 2 is 2.16 bits per heavy atom. The maximum atomic E-state index is 9.92. The second kappa shape index (κ2) is 3.99. The molecule has 2 nitrogen and oxygen atoms in total. The number of likely N-dealkylation sites (N-methyl/N-ethyl adjacent to an activating group) is 1. The van der Waals surface area contributed by atoms with Gasteiger partial charge in [-0.3, -0.25) is 0 Å². The number of rotatable bonds is 0. The number of hydrogen-bond acceptors (Lipinski definition) is 1. The zero-order valence-electron chi connectivity index (χ0n) is 11.8. The Hall–Kier alpha value is -1.02. The SMILES string of the molecule is C[NH+]1CC[C@@]23CCCC[C@H]2[C@@H]1Cc1ccc(O)cc13. The molecule has 2 heteroatoms. The summed E-state index contributed by atoms with van der Waals surface area (Å²) in [7, 11) is 2.38. The molecule has 1 aliphatic heterocycles. The highest BCUT2D eigenvalue weighted by Crippen LogP contribution is 2.53. The Balaban J connectivity index is 1.90. The zero-order chi connectivity index (χ0) is 13.0. The van der Waals surface area contributed by atoms with Gasteiger partial charge in [0.1, 0.15) is 5.75 Å². The summed E-state index contributed by atoms with van der Waals surface area (Å²) in [6.45, 7) is 1.30. The molecule has 0 spiro atoms. The molecule has 4 atom stereocenters. The molecule has 1 aromatic carbocycles. The molecule has 4 rings (SSSR count). The van der Waals surface area contributed by atoms with Gasteiger partial charge in [0.15, 0.2) is 0 Å². The summed E-state index contributed by atoms with van der Waals surface area (Å²) < 4.78 is 0. The normalized spacial score (nSPS) is 40.4. The molecule has 0 radical (unpaired) electrons. The lowest BCUT2D eigenvalue weighted by atomic mass is 9.52. The van der Waals surface area contributed by atoms with Crippen LogP contribution in [0.4, 0.5) is 0 Å². The van der Waals surface area contributed by atoms with E-state index < -0.39 is 0 Å². The smallest absolute Gasteiger partial charge is 0.115 e. The highest BCUT2D eigenvalue weighted by molar-refractivity contribution is 5.44. The lowest BCUT2D eigenvalue weighted by Crippen LogP contribution is -3.16. The summed E-state index contributed by atoms with van der Waals surface area (Å²) in [6, 6.07) is 6.96. The van der Waals surface area contributed by atoms with E-state index in [0.29, 0.717) is 11.2 Å². The second-order valence-corrected chi connectivity index (χ2v) is 7.01. The number of hydrogen-bond donors (Lipinski definition) is 2. The maximum Gasteiger partial charge on any atom is 0.115 e. The van der Waals surface area contributed by atoms with E-state index >= 15 is 0 Å². The van der Waals surface area contributed by atoms with Crippen LogP contribution >= 0.6 is 0 Å². The van der Waals surface area contributed by atoms with Crippen LogP contribution in [-0.4, -0.2) is 24.7 Å². The number of phenols is 1. The molecule has 2 N–H and O–H groups in total. The predicted octanol–water partition coefficient (Wildman–Crippen LogP) is 1.66. The molecule has 2 fully saturated rings. The molecule has 1 aromatic rings. The van der Waals surface area contributed by atoms with Crippen molar-refractivity contribution in [3.05, 3.63) is 29.3 Å². The fourth-order valence-corrected chi connectivity index (χ4v) is 5.34. The first kappa shape index (κ1) is 11.8. The third-order valence-corrected chi connectivity index (χ3v) is 6.25. The molecular formula is C17H24NO+. The monoisotopic (exact) mass is 258 g/mol. The van der Waals surface area contributed by atoms with Gasteiger partial charge in [0, 0.05) is 24.2 Å². The summed E-state index contributed by atoms with van der Waals surface area (Å²) in [6.07, 6.45) is 8.06. The topological polar surface area (TPSA) is 24.7 Å². The van der Waals surface area contributed by atoms with Crippen molar-refractivity contribution in [2.45, 2.75) is 50.0 Å². The Kier molecular flexibility index (Phi) is 2.47. The summed E-state index contributed by atoms with van der Waals surface area (Å²) in [5.74, 6) is 1.31. The highest BCUT2D eigenvalue weighted by Gasteiger charge is 2.55.